The van der Waals surface area contributed by atoms with Crippen molar-refractivity contribution in [2.75, 3.05) is 43.4 Å². The number of nitrogens with one attached hydrogen (secondary N) is 1. The van der Waals surface area contributed by atoms with Gasteiger partial charge in [-0.1, -0.05) is 0 Å². The topological polar surface area (TPSA) is 61.4 Å². The second kappa shape index (κ2) is 6.75. The highest BCUT2D eigenvalue weighted by Crippen LogP contribution is 2.24. The summed E-state index contributed by atoms with van der Waals surface area (Å²) in [6, 6.07) is 6.14. The van der Waals surface area contributed by atoms with Crippen LogP contribution in [-0.4, -0.2) is 54.0 Å². The van der Waals surface area contributed by atoms with Gasteiger partial charge in [0.15, 0.2) is 0 Å². The molecule has 0 bridgehead atoms. The molecule has 2 aromatic rings. The van der Waals surface area contributed by atoms with Crippen LogP contribution >= 0.6 is 0 Å². The number of anilines is 2. The van der Waals surface area contributed by atoms with E-state index in [1.54, 1.807) is 6.20 Å². The number of aromatic nitrogens is 2. The normalized spacial score (nSPS) is 15.5. The maximum Gasteiger partial charge on any atom is 0.275 e. The van der Waals surface area contributed by atoms with Crippen LogP contribution in [0.5, 0.6) is 0 Å². The third kappa shape index (κ3) is 3.65. The first-order chi connectivity index (χ1) is 11.1. The summed E-state index contributed by atoms with van der Waals surface area (Å²) in [7, 11) is 2.15. The highest BCUT2D eigenvalue weighted by atomic mass is 16.1. The molecule has 0 unspecified atom stereocenters. The first-order valence-electron chi connectivity index (χ1n) is 7.75. The van der Waals surface area contributed by atoms with Gasteiger partial charge < -0.3 is 15.1 Å². The van der Waals surface area contributed by atoms with Gasteiger partial charge in [-0.05, 0) is 37.7 Å². The van der Waals surface area contributed by atoms with Gasteiger partial charge in [0.2, 0.25) is 0 Å². The number of likely N-dealkylation sites (N-methyl/N-ethyl adjacent to an activating group) is 1. The first kappa shape index (κ1) is 15.4. The summed E-state index contributed by atoms with van der Waals surface area (Å²) in [5.74, 6) is -0.242. The van der Waals surface area contributed by atoms with Crippen molar-refractivity contribution in [3.63, 3.8) is 0 Å². The van der Waals surface area contributed by atoms with Gasteiger partial charge in [-0.2, -0.15) is 0 Å². The van der Waals surface area contributed by atoms with E-state index in [4.69, 9.17) is 0 Å². The lowest BCUT2D eigenvalue weighted by molar-refractivity contribution is 0.102. The number of amides is 1. The fraction of sp³-hybridized carbons (Fsp3) is 0.353. The molecule has 1 aromatic heterocycles. The Balaban J connectivity index is 1.71. The van der Waals surface area contributed by atoms with Gasteiger partial charge in [0.25, 0.3) is 5.91 Å². The Kier molecular flexibility index (Phi) is 4.52. The zero-order valence-electron chi connectivity index (χ0n) is 13.5. The first-order valence-corrected chi connectivity index (χ1v) is 7.75. The van der Waals surface area contributed by atoms with E-state index in [2.05, 4.69) is 44.3 Å². The number of rotatable bonds is 3. The smallest absolute Gasteiger partial charge is 0.275 e. The molecule has 2 heterocycles. The molecule has 1 amide bonds. The van der Waals surface area contributed by atoms with E-state index in [9.17, 15) is 4.79 Å². The molecule has 1 aromatic carbocycles. The molecule has 1 aliphatic heterocycles. The van der Waals surface area contributed by atoms with Gasteiger partial charge in [-0.3, -0.25) is 9.78 Å². The minimum atomic E-state index is -0.242. The van der Waals surface area contributed by atoms with Crippen molar-refractivity contribution in [3.8, 4) is 0 Å². The van der Waals surface area contributed by atoms with Crippen LogP contribution in [0.15, 0.2) is 36.8 Å². The van der Waals surface area contributed by atoms with Crippen LogP contribution in [0.3, 0.4) is 0 Å². The molecule has 120 valence electrons. The van der Waals surface area contributed by atoms with E-state index >= 15 is 0 Å². The average Bonchev–Trinajstić information content (AvgIpc) is 2.58. The van der Waals surface area contributed by atoms with Crippen LogP contribution in [0.2, 0.25) is 0 Å². The molecule has 1 aliphatic rings. The number of aryl methyl sites for hydroxylation is 1. The van der Waals surface area contributed by atoms with Crippen molar-refractivity contribution in [2.45, 2.75) is 6.92 Å². The molecule has 0 aliphatic carbocycles. The number of piperazine rings is 1. The number of nitrogens with zero attached hydrogens (tertiary/aromatic N) is 4. The summed E-state index contributed by atoms with van der Waals surface area (Å²) in [5, 5.41) is 2.90. The summed E-state index contributed by atoms with van der Waals surface area (Å²) in [6.07, 6.45) is 4.52. The van der Waals surface area contributed by atoms with E-state index < -0.39 is 0 Å². The molecule has 23 heavy (non-hydrogen) atoms. The predicted octanol–water partition coefficient (Wildman–Crippen LogP) is 1.79. The number of benzene rings is 1. The second-order valence-corrected chi connectivity index (χ2v) is 5.83. The lowest BCUT2D eigenvalue weighted by Crippen LogP contribution is -2.44. The van der Waals surface area contributed by atoms with Crippen LogP contribution < -0.4 is 10.2 Å². The highest BCUT2D eigenvalue weighted by Gasteiger charge is 2.15. The van der Waals surface area contributed by atoms with E-state index in [1.165, 1.54) is 18.1 Å². The van der Waals surface area contributed by atoms with E-state index in [0.29, 0.717) is 5.69 Å². The summed E-state index contributed by atoms with van der Waals surface area (Å²) >= 11 is 0. The third-order valence-corrected chi connectivity index (χ3v) is 4.12. The lowest BCUT2D eigenvalue weighted by atomic mass is 10.1. The quantitative estimate of drug-likeness (QED) is 0.936. The van der Waals surface area contributed by atoms with Gasteiger partial charge >= 0.3 is 0 Å². The minimum Gasteiger partial charge on any atom is -0.369 e. The van der Waals surface area contributed by atoms with Crippen molar-refractivity contribution in [1.29, 1.82) is 0 Å². The zero-order valence-corrected chi connectivity index (χ0v) is 13.5. The van der Waals surface area contributed by atoms with Gasteiger partial charge in [0.1, 0.15) is 5.69 Å². The Morgan fingerprint density at radius 2 is 1.96 bits per heavy atom. The molecular weight excluding hydrogens is 290 g/mol. The van der Waals surface area contributed by atoms with Crippen LogP contribution in [0, 0.1) is 6.92 Å². The van der Waals surface area contributed by atoms with Gasteiger partial charge in [0, 0.05) is 49.9 Å². The van der Waals surface area contributed by atoms with Crippen molar-refractivity contribution < 1.29 is 4.79 Å². The van der Waals surface area contributed by atoms with Crippen molar-refractivity contribution in [3.05, 3.63) is 48.0 Å². The van der Waals surface area contributed by atoms with Crippen molar-refractivity contribution in [1.82, 2.24) is 14.9 Å². The largest absolute Gasteiger partial charge is 0.369 e. The molecule has 3 rings (SSSR count). The molecule has 0 radical (unpaired) electrons. The monoisotopic (exact) mass is 311 g/mol. The molecular formula is C17H21N5O. The maximum absolute atomic E-state index is 12.2. The Morgan fingerprint density at radius 3 is 2.61 bits per heavy atom. The van der Waals surface area contributed by atoms with Crippen LogP contribution in [0.4, 0.5) is 11.4 Å². The van der Waals surface area contributed by atoms with Crippen LogP contribution in [-0.2, 0) is 0 Å². The second-order valence-electron chi connectivity index (χ2n) is 5.83. The van der Waals surface area contributed by atoms with Gasteiger partial charge in [-0.15, -0.1) is 0 Å². The van der Waals surface area contributed by atoms with Crippen molar-refractivity contribution >= 4 is 17.3 Å². The molecule has 0 saturated carbocycles. The van der Waals surface area contributed by atoms with Gasteiger partial charge in [-0.25, -0.2) is 4.98 Å². The molecule has 1 fully saturated rings. The standard InChI is InChI=1S/C17H21N5O/c1-13-11-14(22-9-7-21(2)8-10-22)3-4-15(13)20-17(23)16-12-18-5-6-19-16/h3-6,11-12H,7-10H2,1-2H3,(H,20,23). The molecule has 6 heteroatoms. The number of carbonyl (C=O) groups is 1. The van der Waals surface area contributed by atoms with Crippen LogP contribution in [0.1, 0.15) is 16.1 Å². The van der Waals surface area contributed by atoms with E-state index in [0.717, 1.165) is 37.4 Å². The van der Waals surface area contributed by atoms with E-state index in [-0.39, 0.29) is 5.91 Å². The Labute approximate surface area is 136 Å². The third-order valence-electron chi connectivity index (χ3n) is 4.12. The molecule has 0 atom stereocenters. The fourth-order valence-corrected chi connectivity index (χ4v) is 2.65. The predicted molar refractivity (Wildman–Crippen MR) is 90.9 cm³/mol. The Morgan fingerprint density at radius 1 is 1.17 bits per heavy atom. The highest BCUT2D eigenvalue weighted by molar-refractivity contribution is 6.03. The maximum atomic E-state index is 12.2. The number of hydrogen-bond donors (Lipinski definition) is 1. The SMILES string of the molecule is Cc1cc(N2CCN(C)CC2)ccc1NC(=O)c1cnccn1. The summed E-state index contributed by atoms with van der Waals surface area (Å²) in [6.45, 7) is 6.21. The zero-order chi connectivity index (χ0) is 16.2. The summed E-state index contributed by atoms with van der Waals surface area (Å²) in [4.78, 5) is 24.8. The number of hydrogen-bond acceptors (Lipinski definition) is 5. The Bertz CT molecular complexity index is 681. The molecule has 0 spiro atoms. The number of carbonyl (C=O) groups excluding carboxylic acids is 1. The minimum absolute atomic E-state index is 0.242. The van der Waals surface area contributed by atoms with Crippen molar-refractivity contribution in [2.24, 2.45) is 0 Å². The van der Waals surface area contributed by atoms with E-state index in [1.807, 2.05) is 13.0 Å². The summed E-state index contributed by atoms with van der Waals surface area (Å²) in [5.41, 5.74) is 3.36. The molecule has 1 N–H and O–H groups in total. The van der Waals surface area contributed by atoms with Gasteiger partial charge in [0.05, 0.1) is 6.20 Å². The average molecular weight is 311 g/mol. The lowest BCUT2D eigenvalue weighted by Gasteiger charge is -2.34. The van der Waals surface area contributed by atoms with Crippen LogP contribution in [0.25, 0.3) is 0 Å². The summed E-state index contributed by atoms with van der Waals surface area (Å²) < 4.78 is 0. The fourth-order valence-electron chi connectivity index (χ4n) is 2.65. The Hall–Kier alpha value is -2.47. The molecule has 6 nitrogen and oxygen atoms in total. The molecule has 1 saturated heterocycles.